The molecule has 0 aliphatic carbocycles. The number of carbonyl (C=O) groups excluding carboxylic acids is 1. The Kier molecular flexibility index (Phi) is 5.37. The second-order valence-corrected chi connectivity index (χ2v) is 7.25. The maximum absolute atomic E-state index is 12.8. The van der Waals surface area contributed by atoms with Crippen LogP contribution in [0, 0.1) is 0 Å². The number of halogens is 1. The fraction of sp³-hybridized carbons (Fsp3) is 0. The van der Waals surface area contributed by atoms with Crippen molar-refractivity contribution < 1.29 is 17.5 Å². The first-order chi connectivity index (χ1) is 12.5. The summed E-state index contributed by atoms with van der Waals surface area (Å²) in [7, 11) is -4.23. The SMILES string of the molecule is O=C(c1ccccc1)N(OS(=O)(=O)c1ccc(Cl)cc1)c1ccccc1. The van der Waals surface area contributed by atoms with Crippen LogP contribution in [-0.2, 0) is 14.4 Å². The molecular formula is C19H14ClNO4S. The number of carbonyl (C=O) groups is 1. The minimum atomic E-state index is -4.23. The van der Waals surface area contributed by atoms with Gasteiger partial charge in [0.2, 0.25) is 0 Å². The number of anilines is 1. The van der Waals surface area contributed by atoms with E-state index in [-0.39, 0.29) is 4.90 Å². The van der Waals surface area contributed by atoms with Crippen molar-refractivity contribution in [1.29, 1.82) is 0 Å². The summed E-state index contributed by atoms with van der Waals surface area (Å²) in [5.74, 6) is -0.602. The molecule has 0 heterocycles. The zero-order valence-corrected chi connectivity index (χ0v) is 15.0. The van der Waals surface area contributed by atoms with E-state index in [2.05, 4.69) is 0 Å². The van der Waals surface area contributed by atoms with Crippen LogP contribution in [0.1, 0.15) is 10.4 Å². The Bertz CT molecular complexity index is 991. The van der Waals surface area contributed by atoms with Crippen molar-refractivity contribution in [2.45, 2.75) is 4.90 Å². The van der Waals surface area contributed by atoms with Gasteiger partial charge in [0, 0.05) is 10.6 Å². The number of benzene rings is 3. The molecule has 0 aromatic heterocycles. The van der Waals surface area contributed by atoms with Crippen LogP contribution in [0.4, 0.5) is 5.69 Å². The van der Waals surface area contributed by atoms with Gasteiger partial charge in [-0.1, -0.05) is 48.0 Å². The van der Waals surface area contributed by atoms with Gasteiger partial charge in [0.25, 0.3) is 5.91 Å². The standard InChI is InChI=1S/C19H14ClNO4S/c20-16-11-13-18(14-12-16)26(23,24)25-21(17-9-5-2-6-10-17)19(22)15-7-3-1-4-8-15/h1-14H. The number of amides is 1. The van der Waals surface area contributed by atoms with Crippen LogP contribution in [0.15, 0.2) is 89.8 Å². The second kappa shape index (κ2) is 7.70. The van der Waals surface area contributed by atoms with E-state index in [0.29, 0.717) is 16.3 Å². The minimum Gasteiger partial charge on any atom is -0.266 e. The number of nitrogens with zero attached hydrogens (tertiary/aromatic N) is 1. The van der Waals surface area contributed by atoms with Gasteiger partial charge in [0.05, 0.1) is 10.6 Å². The molecule has 0 N–H and O–H groups in total. The molecule has 0 aliphatic rings. The summed E-state index contributed by atoms with van der Waals surface area (Å²) in [5, 5.41) is 1.16. The molecule has 7 heteroatoms. The lowest BCUT2D eigenvalue weighted by atomic mass is 10.2. The van der Waals surface area contributed by atoms with E-state index in [9.17, 15) is 13.2 Å². The summed E-state index contributed by atoms with van der Waals surface area (Å²) < 4.78 is 30.4. The van der Waals surface area contributed by atoms with Gasteiger partial charge in [-0.15, -0.1) is 4.28 Å². The van der Waals surface area contributed by atoms with Gasteiger partial charge in [0.15, 0.2) is 0 Å². The van der Waals surface area contributed by atoms with Crippen LogP contribution >= 0.6 is 11.6 Å². The summed E-state index contributed by atoms with van der Waals surface area (Å²) in [4.78, 5) is 12.7. The third-order valence-corrected chi connectivity index (χ3v) is 4.92. The lowest BCUT2D eigenvalue weighted by Gasteiger charge is -2.21. The summed E-state index contributed by atoms with van der Waals surface area (Å²) >= 11 is 5.79. The van der Waals surface area contributed by atoms with Crippen LogP contribution in [0.5, 0.6) is 0 Å². The first kappa shape index (κ1) is 18.1. The van der Waals surface area contributed by atoms with Gasteiger partial charge in [-0.25, -0.2) is 0 Å². The minimum absolute atomic E-state index is 0.108. The monoisotopic (exact) mass is 387 g/mol. The average molecular weight is 388 g/mol. The third kappa shape index (κ3) is 4.11. The molecule has 5 nitrogen and oxygen atoms in total. The first-order valence-electron chi connectivity index (χ1n) is 7.62. The molecule has 3 rings (SSSR count). The van der Waals surface area contributed by atoms with Gasteiger partial charge >= 0.3 is 10.1 Å². The van der Waals surface area contributed by atoms with Crippen LogP contribution in [0.2, 0.25) is 5.02 Å². The summed E-state index contributed by atoms with van der Waals surface area (Å²) in [6, 6.07) is 22.1. The molecule has 3 aromatic rings. The van der Waals surface area contributed by atoms with E-state index >= 15 is 0 Å². The molecule has 3 aromatic carbocycles. The molecule has 0 unspecified atom stereocenters. The molecule has 0 fully saturated rings. The number of hydroxylamine groups is 1. The molecular weight excluding hydrogens is 374 g/mol. The largest absolute Gasteiger partial charge is 0.318 e. The highest BCUT2D eigenvalue weighted by atomic mass is 35.5. The maximum Gasteiger partial charge on any atom is 0.318 e. The van der Waals surface area contributed by atoms with Crippen LogP contribution in [0.3, 0.4) is 0 Å². The van der Waals surface area contributed by atoms with Crippen LogP contribution in [-0.4, -0.2) is 14.3 Å². The highest BCUT2D eigenvalue weighted by Crippen LogP contribution is 2.23. The Balaban J connectivity index is 1.99. The Labute approximate surface area is 156 Å². The smallest absolute Gasteiger partial charge is 0.266 e. The zero-order valence-electron chi connectivity index (χ0n) is 13.4. The van der Waals surface area contributed by atoms with Gasteiger partial charge in [0.1, 0.15) is 0 Å². The van der Waals surface area contributed by atoms with Crippen molar-refractivity contribution >= 4 is 33.3 Å². The number of para-hydroxylation sites is 1. The Morgan fingerprint density at radius 2 is 1.35 bits per heavy atom. The van der Waals surface area contributed by atoms with Crippen LogP contribution < -0.4 is 5.06 Å². The van der Waals surface area contributed by atoms with Gasteiger partial charge in [-0.05, 0) is 48.5 Å². The summed E-state index contributed by atoms with van der Waals surface area (Å²) in [5.41, 5.74) is 0.585. The topological polar surface area (TPSA) is 63.7 Å². The van der Waals surface area contributed by atoms with Gasteiger partial charge < -0.3 is 0 Å². The molecule has 0 saturated carbocycles. The van der Waals surface area contributed by atoms with E-state index in [1.54, 1.807) is 60.7 Å². The molecule has 26 heavy (non-hydrogen) atoms. The predicted molar refractivity (Wildman–Crippen MR) is 99.4 cm³/mol. The molecule has 1 amide bonds. The van der Waals surface area contributed by atoms with Crippen LogP contribution in [0.25, 0.3) is 0 Å². The van der Waals surface area contributed by atoms with Crippen molar-refractivity contribution in [2.75, 3.05) is 5.06 Å². The van der Waals surface area contributed by atoms with E-state index in [4.69, 9.17) is 15.9 Å². The first-order valence-corrected chi connectivity index (χ1v) is 9.41. The Hall–Kier alpha value is -2.67. The van der Waals surface area contributed by atoms with E-state index < -0.39 is 16.0 Å². The summed E-state index contributed by atoms with van der Waals surface area (Å²) in [6.45, 7) is 0. The number of hydrogen-bond acceptors (Lipinski definition) is 4. The molecule has 132 valence electrons. The van der Waals surface area contributed by atoms with Crippen molar-refractivity contribution in [2.24, 2.45) is 0 Å². The third-order valence-electron chi connectivity index (χ3n) is 3.47. The number of rotatable bonds is 5. The maximum atomic E-state index is 12.8. The second-order valence-electron chi connectivity index (χ2n) is 5.28. The lowest BCUT2D eigenvalue weighted by Crippen LogP contribution is -2.33. The van der Waals surface area contributed by atoms with E-state index in [1.165, 1.54) is 24.3 Å². The number of hydrogen-bond donors (Lipinski definition) is 0. The van der Waals surface area contributed by atoms with E-state index in [1.807, 2.05) is 0 Å². The quantitative estimate of drug-likeness (QED) is 0.612. The predicted octanol–water partition coefficient (Wildman–Crippen LogP) is 4.31. The van der Waals surface area contributed by atoms with E-state index in [0.717, 1.165) is 5.06 Å². The Morgan fingerprint density at radius 1 is 0.808 bits per heavy atom. The molecule has 0 bridgehead atoms. The van der Waals surface area contributed by atoms with Gasteiger partial charge in [-0.2, -0.15) is 13.5 Å². The molecule has 0 saturated heterocycles. The molecule has 0 radical (unpaired) electrons. The van der Waals surface area contributed by atoms with Crippen molar-refractivity contribution in [3.05, 3.63) is 95.5 Å². The fourth-order valence-corrected chi connectivity index (χ4v) is 3.23. The fourth-order valence-electron chi connectivity index (χ4n) is 2.20. The van der Waals surface area contributed by atoms with Crippen molar-refractivity contribution in [1.82, 2.24) is 0 Å². The highest BCUT2D eigenvalue weighted by molar-refractivity contribution is 7.86. The molecule has 0 aliphatic heterocycles. The normalized spacial score (nSPS) is 11.1. The molecule has 0 atom stereocenters. The van der Waals surface area contributed by atoms with Crippen molar-refractivity contribution in [3.63, 3.8) is 0 Å². The lowest BCUT2D eigenvalue weighted by molar-refractivity contribution is 0.0885. The van der Waals surface area contributed by atoms with Crippen molar-refractivity contribution in [3.8, 4) is 0 Å². The summed E-state index contributed by atoms with van der Waals surface area (Å²) in [6.07, 6.45) is 0. The Morgan fingerprint density at radius 3 is 1.92 bits per heavy atom. The average Bonchev–Trinajstić information content (AvgIpc) is 2.67. The molecule has 0 spiro atoms. The highest BCUT2D eigenvalue weighted by Gasteiger charge is 2.27. The zero-order chi connectivity index (χ0) is 18.6. The van der Waals surface area contributed by atoms with Gasteiger partial charge in [-0.3, -0.25) is 4.79 Å².